The summed E-state index contributed by atoms with van der Waals surface area (Å²) in [6.07, 6.45) is 1.07. The van der Waals surface area contributed by atoms with Crippen LogP contribution in [0, 0.1) is 0 Å². The maximum Gasteiger partial charge on any atom is 0.252 e. The quantitative estimate of drug-likeness (QED) is 0.658. The third-order valence-electron chi connectivity index (χ3n) is 5.56. The zero-order valence-corrected chi connectivity index (χ0v) is 17.7. The number of thiophene rings is 1. The highest BCUT2D eigenvalue weighted by Gasteiger charge is 2.47. The molecule has 0 saturated carbocycles. The van der Waals surface area contributed by atoms with Crippen molar-refractivity contribution in [1.29, 1.82) is 0 Å². The van der Waals surface area contributed by atoms with Gasteiger partial charge in [0.2, 0.25) is 11.6 Å². The third-order valence-corrected chi connectivity index (χ3v) is 10.2. The Kier molecular flexibility index (Phi) is 4.47. The number of benzene rings is 1. The Labute approximate surface area is 176 Å². The molecule has 6 nitrogen and oxygen atoms in total. The highest BCUT2D eigenvalue weighted by atomic mass is 32.2. The van der Waals surface area contributed by atoms with Crippen molar-refractivity contribution in [3.63, 3.8) is 0 Å². The van der Waals surface area contributed by atoms with Crippen LogP contribution < -0.4 is 0 Å². The van der Waals surface area contributed by atoms with Gasteiger partial charge in [-0.2, -0.15) is 4.31 Å². The number of ether oxygens (including phenoxy) is 1. The number of ketones is 2. The lowest BCUT2D eigenvalue weighted by Crippen LogP contribution is -2.50. The van der Waals surface area contributed by atoms with E-state index in [4.69, 9.17) is 4.74 Å². The number of sulfonamides is 1. The summed E-state index contributed by atoms with van der Waals surface area (Å²) in [7, 11) is -3.48. The molecular weight excluding hydrogens is 430 g/mol. The molecule has 150 valence electrons. The lowest BCUT2D eigenvalue weighted by molar-refractivity contribution is -0.111. The van der Waals surface area contributed by atoms with E-state index < -0.39 is 27.2 Å². The van der Waals surface area contributed by atoms with Gasteiger partial charge in [0.1, 0.15) is 20.5 Å². The van der Waals surface area contributed by atoms with E-state index in [2.05, 4.69) is 0 Å². The molecule has 0 bridgehead atoms. The second-order valence-corrected chi connectivity index (χ2v) is 11.4. The lowest BCUT2D eigenvalue weighted by atomic mass is 9.90. The first-order valence-corrected chi connectivity index (χ1v) is 12.5. The summed E-state index contributed by atoms with van der Waals surface area (Å²) in [5, 5.41) is 1.76. The predicted molar refractivity (Wildman–Crippen MR) is 111 cm³/mol. The van der Waals surface area contributed by atoms with E-state index in [0.29, 0.717) is 57.7 Å². The van der Waals surface area contributed by atoms with Gasteiger partial charge in [-0.05, 0) is 11.4 Å². The molecule has 0 atom stereocenters. The Morgan fingerprint density at radius 3 is 2.38 bits per heavy atom. The van der Waals surface area contributed by atoms with Crippen molar-refractivity contribution in [2.75, 3.05) is 18.8 Å². The van der Waals surface area contributed by atoms with Gasteiger partial charge in [0.25, 0.3) is 10.0 Å². The average Bonchev–Trinajstić information content (AvgIpc) is 3.28. The van der Waals surface area contributed by atoms with Crippen LogP contribution in [0.4, 0.5) is 0 Å². The Bertz CT molecular complexity index is 1140. The summed E-state index contributed by atoms with van der Waals surface area (Å²) in [5.74, 6) is -0.0181. The fourth-order valence-electron chi connectivity index (χ4n) is 3.93. The van der Waals surface area contributed by atoms with Crippen molar-refractivity contribution in [1.82, 2.24) is 4.31 Å². The Morgan fingerprint density at radius 1 is 0.966 bits per heavy atom. The van der Waals surface area contributed by atoms with E-state index in [1.807, 2.05) is 6.07 Å². The highest BCUT2D eigenvalue weighted by Crippen LogP contribution is 2.47. The zero-order chi connectivity index (χ0) is 20.2. The van der Waals surface area contributed by atoms with Crippen molar-refractivity contribution >= 4 is 50.4 Å². The van der Waals surface area contributed by atoms with Crippen molar-refractivity contribution < 1.29 is 22.7 Å². The van der Waals surface area contributed by atoms with Gasteiger partial charge in [-0.15, -0.1) is 23.1 Å². The molecule has 2 aliphatic heterocycles. The Hall–Kier alpha value is -1.94. The van der Waals surface area contributed by atoms with Gasteiger partial charge in [0.15, 0.2) is 0 Å². The van der Waals surface area contributed by atoms with Gasteiger partial charge in [0, 0.05) is 42.8 Å². The minimum atomic E-state index is -3.48. The molecule has 0 amide bonds. The number of carbonyl (C=O) groups is 2. The summed E-state index contributed by atoms with van der Waals surface area (Å²) < 4.78 is 33.8. The molecular formula is C20H17NO5S3. The standard InChI is InChI=1S/C20H17NO5S3/c22-16-13-4-1-2-5-14(13)18-19(17(16)23)28-12-20(26-18)7-9-21(10-8-20)29(24,25)15-6-3-11-27-15/h1-6,11H,7-10,12H2. The smallest absolute Gasteiger partial charge is 0.252 e. The molecule has 1 saturated heterocycles. The summed E-state index contributed by atoms with van der Waals surface area (Å²) in [6, 6.07) is 10.3. The third kappa shape index (κ3) is 2.99. The first kappa shape index (κ1) is 19.0. The topological polar surface area (TPSA) is 80.8 Å². The number of Topliss-reactive ketones (excluding diaryl/α,β-unsaturated/α-hetero) is 2. The van der Waals surface area contributed by atoms with E-state index in [0.717, 1.165) is 0 Å². The molecule has 0 radical (unpaired) electrons. The fourth-order valence-corrected chi connectivity index (χ4v) is 7.78. The molecule has 1 aromatic heterocycles. The minimum Gasteiger partial charge on any atom is -0.484 e. The average molecular weight is 448 g/mol. The van der Waals surface area contributed by atoms with Gasteiger partial charge >= 0.3 is 0 Å². The van der Waals surface area contributed by atoms with Crippen LogP contribution in [0.2, 0.25) is 0 Å². The van der Waals surface area contributed by atoms with E-state index in [9.17, 15) is 18.0 Å². The lowest BCUT2D eigenvalue weighted by Gasteiger charge is -2.44. The number of thioether (sulfide) groups is 1. The van der Waals surface area contributed by atoms with Crippen molar-refractivity contribution in [3.8, 4) is 0 Å². The number of hydrogen-bond donors (Lipinski definition) is 0. The minimum absolute atomic E-state index is 0.350. The number of nitrogens with zero attached hydrogens (tertiary/aromatic N) is 1. The zero-order valence-electron chi connectivity index (χ0n) is 15.3. The largest absolute Gasteiger partial charge is 0.484 e. The van der Waals surface area contributed by atoms with Gasteiger partial charge in [-0.25, -0.2) is 8.42 Å². The van der Waals surface area contributed by atoms with Crippen molar-refractivity contribution in [2.45, 2.75) is 22.7 Å². The SMILES string of the molecule is O=C1C(=O)c2ccccc2C2=C1SCC1(CCN(S(=O)(=O)c3cccs3)CC1)O2. The van der Waals surface area contributed by atoms with Gasteiger partial charge in [-0.3, -0.25) is 9.59 Å². The first-order chi connectivity index (χ1) is 13.9. The molecule has 9 heteroatoms. The van der Waals surface area contributed by atoms with Crippen LogP contribution in [0.5, 0.6) is 0 Å². The molecule has 3 aliphatic rings. The number of fused-ring (bicyclic) bond motifs is 2. The normalized spacial score (nSPS) is 21.7. The van der Waals surface area contributed by atoms with Crippen LogP contribution in [0.25, 0.3) is 5.76 Å². The number of piperidine rings is 1. The highest BCUT2D eigenvalue weighted by molar-refractivity contribution is 8.04. The number of rotatable bonds is 2. The molecule has 5 rings (SSSR count). The Morgan fingerprint density at radius 2 is 1.69 bits per heavy atom. The number of carbonyl (C=O) groups excluding carboxylic acids is 2. The van der Waals surface area contributed by atoms with E-state index in [1.165, 1.54) is 27.4 Å². The van der Waals surface area contributed by atoms with Crippen LogP contribution in [0.15, 0.2) is 50.9 Å². The summed E-state index contributed by atoms with van der Waals surface area (Å²) in [4.78, 5) is 25.3. The van der Waals surface area contributed by atoms with Gasteiger partial charge in [-0.1, -0.05) is 30.3 Å². The molecule has 3 heterocycles. The maximum absolute atomic E-state index is 12.8. The molecule has 1 spiro atoms. The second kappa shape index (κ2) is 6.80. The monoisotopic (exact) mass is 447 g/mol. The molecule has 1 aliphatic carbocycles. The van der Waals surface area contributed by atoms with Gasteiger partial charge < -0.3 is 4.74 Å². The molecule has 2 aromatic rings. The summed E-state index contributed by atoms with van der Waals surface area (Å²) >= 11 is 2.57. The number of allylic oxidation sites excluding steroid dienone is 1. The van der Waals surface area contributed by atoms with Crippen LogP contribution in [0.1, 0.15) is 28.8 Å². The summed E-state index contributed by atoms with van der Waals surface area (Å²) in [6.45, 7) is 0.718. The van der Waals surface area contributed by atoms with E-state index in [1.54, 1.807) is 35.7 Å². The van der Waals surface area contributed by atoms with Crippen molar-refractivity contribution in [2.24, 2.45) is 0 Å². The molecule has 0 N–H and O–H groups in total. The molecule has 29 heavy (non-hydrogen) atoms. The van der Waals surface area contributed by atoms with Gasteiger partial charge in [0.05, 0.1) is 0 Å². The number of hydrogen-bond acceptors (Lipinski definition) is 7. The fraction of sp³-hybridized carbons (Fsp3) is 0.300. The predicted octanol–water partition coefficient (Wildman–Crippen LogP) is 3.17. The maximum atomic E-state index is 12.8. The van der Waals surface area contributed by atoms with E-state index in [-0.39, 0.29) is 0 Å². The van der Waals surface area contributed by atoms with Crippen LogP contribution >= 0.6 is 23.1 Å². The van der Waals surface area contributed by atoms with E-state index >= 15 is 0 Å². The molecule has 0 unspecified atom stereocenters. The first-order valence-electron chi connectivity index (χ1n) is 9.19. The molecule has 1 fully saturated rings. The van der Waals surface area contributed by atoms with Crippen LogP contribution in [-0.4, -0.2) is 48.7 Å². The van der Waals surface area contributed by atoms with Crippen LogP contribution in [0.3, 0.4) is 0 Å². The molecule has 1 aromatic carbocycles. The summed E-state index contributed by atoms with van der Waals surface area (Å²) in [5.41, 5.74) is 0.470. The van der Waals surface area contributed by atoms with Crippen molar-refractivity contribution in [3.05, 3.63) is 57.8 Å². The Balaban J connectivity index is 1.41. The van der Waals surface area contributed by atoms with Crippen LogP contribution in [-0.2, 0) is 19.6 Å². The second-order valence-electron chi connectivity index (χ2n) is 7.27.